The van der Waals surface area contributed by atoms with E-state index in [1.807, 2.05) is 36.5 Å². The Balaban J connectivity index is 1.50. The van der Waals surface area contributed by atoms with Crippen molar-refractivity contribution in [2.24, 2.45) is 10.9 Å². The van der Waals surface area contributed by atoms with Gasteiger partial charge < -0.3 is 20.1 Å². The number of nitriles is 1. The minimum Gasteiger partial charge on any atom is -0.496 e. The smallest absolute Gasteiger partial charge is 0.255 e. The lowest BCUT2D eigenvalue weighted by Crippen LogP contribution is -2.49. The highest BCUT2D eigenvalue weighted by atomic mass is 16.5. The molecule has 0 unspecified atom stereocenters. The van der Waals surface area contributed by atoms with Crippen molar-refractivity contribution in [3.8, 4) is 17.7 Å². The molecule has 8 heteroatoms. The third kappa shape index (κ3) is 6.09. The summed E-state index contributed by atoms with van der Waals surface area (Å²) in [6.45, 7) is 1.24. The van der Waals surface area contributed by atoms with Crippen LogP contribution in [0.1, 0.15) is 54.4 Å². The zero-order valence-electron chi connectivity index (χ0n) is 21.0. The summed E-state index contributed by atoms with van der Waals surface area (Å²) in [5.74, 6) is 2.43. The molecule has 0 aromatic heterocycles. The summed E-state index contributed by atoms with van der Waals surface area (Å²) < 4.78 is 11.1. The lowest BCUT2D eigenvalue weighted by atomic mass is 9.67. The number of ether oxygens (including phenoxy) is 2. The predicted octanol–water partition coefficient (Wildman–Crippen LogP) is 3.74. The van der Waals surface area contributed by atoms with Crippen LogP contribution in [-0.4, -0.2) is 45.2 Å². The van der Waals surface area contributed by atoms with Gasteiger partial charge in [-0.25, -0.2) is 0 Å². The number of para-hydroxylation sites is 2. The Morgan fingerprint density at radius 1 is 1.03 bits per heavy atom. The molecular weight excluding hydrogens is 454 g/mol. The van der Waals surface area contributed by atoms with Gasteiger partial charge in [-0.3, -0.25) is 15.1 Å². The van der Waals surface area contributed by atoms with Gasteiger partial charge in [-0.15, -0.1) is 0 Å². The van der Waals surface area contributed by atoms with Crippen LogP contribution in [0.15, 0.2) is 53.5 Å². The highest BCUT2D eigenvalue weighted by molar-refractivity contribution is 5.97. The third-order valence-electron chi connectivity index (χ3n) is 7.28. The lowest BCUT2D eigenvalue weighted by molar-refractivity contribution is 0.0931. The molecule has 0 atom stereocenters. The first kappa shape index (κ1) is 25.4. The van der Waals surface area contributed by atoms with Crippen LogP contribution in [0, 0.1) is 17.4 Å². The number of amides is 1. The Hall–Kier alpha value is -3.73. The fraction of sp³-hybridized carbons (Fsp3) is 0.464. The van der Waals surface area contributed by atoms with Gasteiger partial charge >= 0.3 is 0 Å². The van der Waals surface area contributed by atoms with Crippen molar-refractivity contribution in [1.82, 2.24) is 16.0 Å². The molecule has 0 radical (unpaired) electrons. The zero-order valence-corrected chi connectivity index (χ0v) is 21.0. The number of aliphatic imine (C=N–C) groups is 1. The molecule has 0 heterocycles. The summed E-state index contributed by atoms with van der Waals surface area (Å²) in [5, 5.41) is 18.5. The topological polar surface area (TPSA) is 108 Å². The van der Waals surface area contributed by atoms with Crippen molar-refractivity contribution in [3.63, 3.8) is 0 Å². The highest BCUT2D eigenvalue weighted by Crippen LogP contribution is 2.43. The maximum Gasteiger partial charge on any atom is 0.255 e. The second-order valence-corrected chi connectivity index (χ2v) is 9.65. The van der Waals surface area contributed by atoms with E-state index < -0.39 is 0 Å². The summed E-state index contributed by atoms with van der Waals surface area (Å²) in [7, 11) is 3.25. The monoisotopic (exact) mass is 489 g/mol. The molecule has 2 aliphatic carbocycles. The van der Waals surface area contributed by atoms with E-state index in [1.54, 1.807) is 26.4 Å². The highest BCUT2D eigenvalue weighted by Gasteiger charge is 2.39. The normalized spacial score (nSPS) is 21.7. The Kier molecular flexibility index (Phi) is 8.32. The molecule has 2 aromatic rings. The summed E-state index contributed by atoms with van der Waals surface area (Å²) in [4.78, 5) is 17.7. The number of rotatable bonds is 9. The van der Waals surface area contributed by atoms with Crippen molar-refractivity contribution >= 4 is 11.9 Å². The van der Waals surface area contributed by atoms with Crippen LogP contribution in [0.3, 0.4) is 0 Å². The van der Waals surface area contributed by atoms with Gasteiger partial charge in [0.2, 0.25) is 5.96 Å². The van der Waals surface area contributed by atoms with E-state index in [2.05, 4.69) is 27.0 Å². The van der Waals surface area contributed by atoms with Crippen LogP contribution in [0.4, 0.5) is 0 Å². The van der Waals surface area contributed by atoms with E-state index in [4.69, 9.17) is 14.7 Å². The van der Waals surface area contributed by atoms with Crippen LogP contribution in [0.2, 0.25) is 0 Å². The zero-order chi connectivity index (χ0) is 25.4. The Morgan fingerprint density at radius 3 is 2.36 bits per heavy atom. The molecule has 2 aliphatic rings. The molecule has 190 valence electrons. The van der Waals surface area contributed by atoms with Crippen molar-refractivity contribution in [1.29, 1.82) is 5.26 Å². The number of guanidine groups is 1. The Bertz CT molecular complexity index is 1110. The number of hydrogen-bond acceptors (Lipinski definition) is 5. The first-order valence-corrected chi connectivity index (χ1v) is 12.6. The van der Waals surface area contributed by atoms with Crippen molar-refractivity contribution in [2.75, 3.05) is 27.3 Å². The number of nitrogens with one attached hydrogen (secondary N) is 3. The second-order valence-electron chi connectivity index (χ2n) is 9.65. The molecule has 36 heavy (non-hydrogen) atoms. The minimum absolute atomic E-state index is 0.158. The molecule has 2 aromatic carbocycles. The lowest BCUT2D eigenvalue weighted by Gasteiger charge is -2.41. The van der Waals surface area contributed by atoms with E-state index in [-0.39, 0.29) is 17.4 Å². The van der Waals surface area contributed by atoms with Gasteiger partial charge in [0, 0.05) is 30.1 Å². The number of nitrogens with zero attached hydrogens (tertiary/aromatic N) is 2. The third-order valence-corrected chi connectivity index (χ3v) is 7.28. The number of methoxy groups -OCH3 is 2. The van der Waals surface area contributed by atoms with Gasteiger partial charge in [-0.1, -0.05) is 30.3 Å². The molecule has 8 nitrogen and oxygen atoms in total. The largest absolute Gasteiger partial charge is 0.496 e. The fourth-order valence-electron chi connectivity index (χ4n) is 5.00. The van der Waals surface area contributed by atoms with Crippen LogP contribution < -0.4 is 25.4 Å². The van der Waals surface area contributed by atoms with Crippen LogP contribution in [0.5, 0.6) is 11.5 Å². The molecule has 0 saturated heterocycles. The number of hydrogen-bond donors (Lipinski definition) is 3. The Labute approximate surface area is 213 Å². The van der Waals surface area contributed by atoms with E-state index in [0.29, 0.717) is 29.7 Å². The first-order valence-electron chi connectivity index (χ1n) is 12.6. The summed E-state index contributed by atoms with van der Waals surface area (Å²) in [5.41, 5.74) is 1.34. The summed E-state index contributed by atoms with van der Waals surface area (Å²) >= 11 is 0. The molecule has 2 saturated carbocycles. The molecular formula is C28H35N5O3. The maximum atomic E-state index is 13.1. The molecule has 3 N–H and O–H groups in total. The minimum atomic E-state index is -0.281. The van der Waals surface area contributed by atoms with Gasteiger partial charge in [0.15, 0.2) is 6.19 Å². The fourth-order valence-corrected chi connectivity index (χ4v) is 5.00. The predicted molar refractivity (Wildman–Crippen MR) is 139 cm³/mol. The molecule has 2 fully saturated rings. The quantitative estimate of drug-likeness (QED) is 0.214. The second kappa shape index (κ2) is 11.8. The van der Waals surface area contributed by atoms with Crippen molar-refractivity contribution < 1.29 is 14.3 Å². The summed E-state index contributed by atoms with van der Waals surface area (Å²) in [6, 6.07) is 15.5. The number of carbonyl (C=O) groups excluding carboxylic acids is 1. The maximum absolute atomic E-state index is 13.1. The van der Waals surface area contributed by atoms with Gasteiger partial charge in [0.1, 0.15) is 11.5 Å². The van der Waals surface area contributed by atoms with Crippen LogP contribution in [-0.2, 0) is 5.41 Å². The average molecular weight is 490 g/mol. The van der Waals surface area contributed by atoms with Crippen LogP contribution in [0.25, 0.3) is 0 Å². The van der Waals surface area contributed by atoms with Gasteiger partial charge in [-0.05, 0) is 62.6 Å². The van der Waals surface area contributed by atoms with E-state index in [1.165, 1.54) is 12.8 Å². The van der Waals surface area contributed by atoms with Gasteiger partial charge in [-0.2, -0.15) is 5.26 Å². The average Bonchev–Trinajstić information content (AvgIpc) is 3.76. The van der Waals surface area contributed by atoms with Crippen molar-refractivity contribution in [2.45, 2.75) is 50.0 Å². The first-order chi connectivity index (χ1) is 17.6. The molecule has 0 spiro atoms. The molecule has 0 aliphatic heterocycles. The summed E-state index contributed by atoms with van der Waals surface area (Å²) in [6.07, 6.45) is 7.87. The van der Waals surface area contributed by atoms with E-state index in [9.17, 15) is 4.79 Å². The van der Waals surface area contributed by atoms with E-state index >= 15 is 0 Å². The number of benzene rings is 2. The number of carbonyl (C=O) groups is 1. The van der Waals surface area contributed by atoms with Crippen LogP contribution >= 0.6 is 0 Å². The van der Waals surface area contributed by atoms with Crippen molar-refractivity contribution in [3.05, 3.63) is 59.7 Å². The SMILES string of the molecule is COc1ccccc1C(=O)NCC1(c2ccccc2OC)CCC(NC(=NCC2CC2)NC#N)CC1. The standard InChI is InChI=1S/C28H35N5O3/c1-35-24-9-5-3-7-22(24)26(34)31-18-28(23-8-4-6-10-25(23)36-2)15-13-21(14-16-28)33-27(32-19-29)30-17-20-11-12-20/h3-10,20-21H,11-18H2,1-2H3,(H,31,34)(H2,30,32,33). The van der Waals surface area contributed by atoms with E-state index in [0.717, 1.165) is 43.5 Å². The Morgan fingerprint density at radius 2 is 1.69 bits per heavy atom. The van der Waals surface area contributed by atoms with Gasteiger partial charge in [0.25, 0.3) is 5.91 Å². The molecule has 4 rings (SSSR count). The van der Waals surface area contributed by atoms with Gasteiger partial charge in [0.05, 0.1) is 19.8 Å². The molecule has 0 bridgehead atoms. The molecule has 1 amide bonds.